The van der Waals surface area contributed by atoms with Crippen molar-refractivity contribution in [2.45, 2.75) is 45.4 Å². The number of aromatic nitrogens is 2. The minimum absolute atomic E-state index is 0.00285. The van der Waals surface area contributed by atoms with Crippen molar-refractivity contribution in [1.82, 2.24) is 20.0 Å². The molecule has 1 aliphatic rings. The van der Waals surface area contributed by atoms with Crippen LogP contribution in [0.25, 0.3) is 11.3 Å². The zero-order valence-electron chi connectivity index (χ0n) is 19.8. The summed E-state index contributed by atoms with van der Waals surface area (Å²) < 4.78 is 27.1. The summed E-state index contributed by atoms with van der Waals surface area (Å²) in [5, 5.41) is 7.73. The second-order valence-electron chi connectivity index (χ2n) is 8.80. The molecule has 0 spiro atoms. The first kappa shape index (κ1) is 23.8. The van der Waals surface area contributed by atoms with Crippen LogP contribution in [0.5, 0.6) is 11.6 Å². The zero-order valence-corrected chi connectivity index (χ0v) is 19.8. The van der Waals surface area contributed by atoms with Crippen molar-refractivity contribution >= 4 is 6.03 Å². The van der Waals surface area contributed by atoms with Gasteiger partial charge >= 0.3 is 6.03 Å². The smallest absolute Gasteiger partial charge is 0.317 e. The molecule has 0 unspecified atom stereocenters. The maximum Gasteiger partial charge on any atom is 0.317 e. The SMILES string of the molecule is CC(C)NC(=O)N(Cc1c(-c2ccccc2)nn(C)c1Oc1ccc(F)cc1)C[C@H]1CCCO1. The van der Waals surface area contributed by atoms with Gasteiger partial charge in [0, 0.05) is 31.8 Å². The molecule has 1 aromatic heterocycles. The number of rotatable bonds is 8. The third-order valence-corrected chi connectivity index (χ3v) is 5.66. The summed E-state index contributed by atoms with van der Waals surface area (Å²) in [4.78, 5) is 14.9. The van der Waals surface area contributed by atoms with Crippen LogP contribution >= 0.6 is 0 Å². The molecule has 8 heteroatoms. The quantitative estimate of drug-likeness (QED) is 0.501. The van der Waals surface area contributed by atoms with Crippen molar-refractivity contribution in [2.24, 2.45) is 7.05 Å². The Balaban J connectivity index is 1.72. The average molecular weight is 467 g/mol. The summed E-state index contributed by atoms with van der Waals surface area (Å²) >= 11 is 0. The maximum atomic E-state index is 13.4. The Kier molecular flexibility index (Phi) is 7.47. The fourth-order valence-corrected chi connectivity index (χ4v) is 4.05. The third kappa shape index (κ3) is 5.75. The number of ether oxygens (including phenoxy) is 2. The molecule has 34 heavy (non-hydrogen) atoms. The van der Waals surface area contributed by atoms with Crippen LogP contribution in [0.15, 0.2) is 54.6 Å². The second kappa shape index (κ2) is 10.7. The summed E-state index contributed by atoms with van der Waals surface area (Å²) in [5.74, 6) is 0.651. The number of nitrogens with one attached hydrogen (secondary N) is 1. The summed E-state index contributed by atoms with van der Waals surface area (Å²) in [7, 11) is 1.80. The molecule has 0 radical (unpaired) electrons. The first-order valence-corrected chi connectivity index (χ1v) is 11.6. The van der Waals surface area contributed by atoms with Crippen molar-refractivity contribution in [3.05, 3.63) is 66.0 Å². The molecular weight excluding hydrogens is 435 g/mol. The highest BCUT2D eigenvalue weighted by atomic mass is 19.1. The van der Waals surface area contributed by atoms with Gasteiger partial charge in [0.2, 0.25) is 5.88 Å². The predicted octanol–water partition coefficient (Wildman–Crippen LogP) is 5.12. The molecular formula is C26H31FN4O3. The molecule has 1 aliphatic heterocycles. The molecule has 0 saturated carbocycles. The number of carbonyl (C=O) groups is 1. The molecule has 1 fully saturated rings. The van der Waals surface area contributed by atoms with E-state index in [0.717, 1.165) is 29.7 Å². The molecule has 2 aromatic carbocycles. The van der Waals surface area contributed by atoms with Crippen molar-refractivity contribution in [3.63, 3.8) is 0 Å². The van der Waals surface area contributed by atoms with Gasteiger partial charge in [0.15, 0.2) is 0 Å². The van der Waals surface area contributed by atoms with E-state index in [0.29, 0.717) is 24.8 Å². The van der Waals surface area contributed by atoms with Crippen molar-refractivity contribution in [2.75, 3.05) is 13.2 Å². The molecule has 2 amide bonds. The fraction of sp³-hybridized carbons (Fsp3) is 0.385. The highest BCUT2D eigenvalue weighted by Gasteiger charge is 2.28. The third-order valence-electron chi connectivity index (χ3n) is 5.66. The Bertz CT molecular complexity index is 1090. The molecule has 0 bridgehead atoms. The molecule has 1 N–H and O–H groups in total. The number of nitrogens with zero attached hydrogens (tertiary/aromatic N) is 3. The molecule has 0 aliphatic carbocycles. The summed E-state index contributed by atoms with van der Waals surface area (Å²) in [6, 6.07) is 15.5. The van der Waals surface area contributed by atoms with Crippen LogP contribution < -0.4 is 10.1 Å². The van der Waals surface area contributed by atoms with Crippen LogP contribution in [0, 0.1) is 5.82 Å². The van der Waals surface area contributed by atoms with Gasteiger partial charge in [-0.1, -0.05) is 30.3 Å². The predicted molar refractivity (Wildman–Crippen MR) is 128 cm³/mol. The Morgan fingerprint density at radius 2 is 1.97 bits per heavy atom. The minimum Gasteiger partial charge on any atom is -0.439 e. The molecule has 7 nitrogen and oxygen atoms in total. The van der Waals surface area contributed by atoms with E-state index in [9.17, 15) is 9.18 Å². The van der Waals surface area contributed by atoms with E-state index < -0.39 is 0 Å². The van der Waals surface area contributed by atoms with E-state index >= 15 is 0 Å². The van der Waals surface area contributed by atoms with Gasteiger partial charge < -0.3 is 19.7 Å². The first-order chi connectivity index (χ1) is 16.4. The average Bonchev–Trinajstić information content (AvgIpc) is 3.43. The van der Waals surface area contributed by atoms with Crippen molar-refractivity contribution in [3.8, 4) is 22.9 Å². The van der Waals surface area contributed by atoms with Crippen LogP contribution in [-0.4, -0.2) is 46.0 Å². The molecule has 1 atom stereocenters. The first-order valence-electron chi connectivity index (χ1n) is 11.6. The topological polar surface area (TPSA) is 68.6 Å². The van der Waals surface area contributed by atoms with Gasteiger partial charge in [-0.05, 0) is 51.0 Å². The number of benzene rings is 2. The summed E-state index contributed by atoms with van der Waals surface area (Å²) in [6.45, 7) is 5.34. The molecule has 4 rings (SSSR count). The lowest BCUT2D eigenvalue weighted by Gasteiger charge is -2.27. The normalized spacial score (nSPS) is 15.5. The fourth-order valence-electron chi connectivity index (χ4n) is 4.05. The van der Waals surface area contributed by atoms with Crippen LogP contribution in [0.1, 0.15) is 32.3 Å². The number of amides is 2. The lowest BCUT2D eigenvalue weighted by atomic mass is 10.1. The van der Waals surface area contributed by atoms with E-state index in [2.05, 4.69) is 5.32 Å². The summed E-state index contributed by atoms with van der Waals surface area (Å²) in [5.41, 5.74) is 2.42. The maximum absolute atomic E-state index is 13.4. The highest BCUT2D eigenvalue weighted by Crippen LogP contribution is 2.34. The van der Waals surface area contributed by atoms with Crippen LogP contribution in [0.2, 0.25) is 0 Å². The Hall–Kier alpha value is -3.39. The number of hydrogen-bond donors (Lipinski definition) is 1. The molecule has 3 aromatic rings. The van der Waals surface area contributed by atoms with E-state index in [1.807, 2.05) is 44.2 Å². The zero-order chi connectivity index (χ0) is 24.1. The number of carbonyl (C=O) groups excluding carboxylic acids is 1. The highest BCUT2D eigenvalue weighted by molar-refractivity contribution is 5.75. The Morgan fingerprint density at radius 1 is 1.24 bits per heavy atom. The van der Waals surface area contributed by atoms with Crippen LogP contribution in [-0.2, 0) is 18.3 Å². The number of aryl methyl sites for hydroxylation is 1. The van der Waals surface area contributed by atoms with E-state index in [1.165, 1.54) is 12.1 Å². The van der Waals surface area contributed by atoms with Gasteiger partial charge in [-0.25, -0.2) is 13.9 Å². The number of urea groups is 1. The Labute approximate surface area is 199 Å². The molecule has 2 heterocycles. The second-order valence-corrected chi connectivity index (χ2v) is 8.80. The Morgan fingerprint density at radius 3 is 2.62 bits per heavy atom. The van der Waals surface area contributed by atoms with Gasteiger partial charge in [0.05, 0.1) is 18.2 Å². The van der Waals surface area contributed by atoms with Crippen molar-refractivity contribution < 1.29 is 18.7 Å². The van der Waals surface area contributed by atoms with E-state index in [-0.39, 0.29) is 30.5 Å². The minimum atomic E-state index is -0.337. The van der Waals surface area contributed by atoms with Gasteiger partial charge in [0.1, 0.15) is 17.3 Å². The lowest BCUT2D eigenvalue weighted by Crippen LogP contribution is -2.45. The largest absolute Gasteiger partial charge is 0.439 e. The standard InChI is InChI=1S/C26H31FN4O3/c1-18(2)28-26(32)31(16-22-10-7-15-33-22)17-23-24(19-8-5-4-6-9-19)29-30(3)25(23)34-21-13-11-20(27)12-14-21/h4-6,8-9,11-14,18,22H,7,10,15-17H2,1-3H3,(H,28,32)/t22-/m1/s1. The number of halogens is 1. The lowest BCUT2D eigenvalue weighted by molar-refractivity contribution is 0.0789. The van der Waals surface area contributed by atoms with Crippen LogP contribution in [0.4, 0.5) is 9.18 Å². The molecule has 1 saturated heterocycles. The number of hydrogen-bond acceptors (Lipinski definition) is 4. The van der Waals surface area contributed by atoms with E-state index in [4.69, 9.17) is 14.6 Å². The van der Waals surface area contributed by atoms with Crippen molar-refractivity contribution in [1.29, 1.82) is 0 Å². The monoisotopic (exact) mass is 466 g/mol. The van der Waals surface area contributed by atoms with Gasteiger partial charge in [-0.15, -0.1) is 0 Å². The molecule has 180 valence electrons. The van der Waals surface area contributed by atoms with Gasteiger partial charge in [0.25, 0.3) is 0 Å². The van der Waals surface area contributed by atoms with Gasteiger partial charge in [-0.2, -0.15) is 5.10 Å². The van der Waals surface area contributed by atoms with Crippen LogP contribution in [0.3, 0.4) is 0 Å². The summed E-state index contributed by atoms with van der Waals surface area (Å²) in [6.07, 6.45) is 1.91. The van der Waals surface area contributed by atoms with Gasteiger partial charge in [-0.3, -0.25) is 0 Å². The van der Waals surface area contributed by atoms with E-state index in [1.54, 1.807) is 28.8 Å².